The number of rotatable bonds is 2. The molecule has 0 radical (unpaired) electrons. The minimum absolute atomic E-state index is 0.0165. The second kappa shape index (κ2) is 5.46. The Morgan fingerprint density at radius 1 is 1.00 bits per heavy atom. The van der Waals surface area contributed by atoms with Gasteiger partial charge in [-0.1, -0.05) is 12.1 Å². The number of benzene rings is 2. The van der Waals surface area contributed by atoms with Gasteiger partial charge in [0.2, 0.25) is 5.78 Å². The summed E-state index contributed by atoms with van der Waals surface area (Å²) in [4.78, 5) is 25.4. The SMILES string of the molecule is O=C1c2cccc(O)c2C(=O)c2c(O)cc(CC3CCCN3)cc21. The average molecular weight is 323 g/mol. The highest BCUT2D eigenvalue weighted by Gasteiger charge is 2.34. The van der Waals surface area contributed by atoms with E-state index in [-0.39, 0.29) is 39.5 Å². The lowest BCUT2D eigenvalue weighted by Gasteiger charge is -2.20. The van der Waals surface area contributed by atoms with Gasteiger partial charge in [0.15, 0.2) is 5.78 Å². The highest BCUT2D eigenvalue weighted by atomic mass is 16.3. The Morgan fingerprint density at radius 3 is 2.54 bits per heavy atom. The van der Waals surface area contributed by atoms with Gasteiger partial charge in [-0.15, -0.1) is 0 Å². The summed E-state index contributed by atoms with van der Waals surface area (Å²) in [6.45, 7) is 0.978. The molecule has 2 aromatic carbocycles. The Morgan fingerprint density at radius 2 is 1.79 bits per heavy atom. The van der Waals surface area contributed by atoms with Crippen molar-refractivity contribution in [3.05, 3.63) is 58.1 Å². The lowest BCUT2D eigenvalue weighted by Crippen LogP contribution is -2.25. The molecule has 5 heteroatoms. The number of phenols is 2. The van der Waals surface area contributed by atoms with Gasteiger partial charge in [0.25, 0.3) is 0 Å². The minimum Gasteiger partial charge on any atom is -0.507 e. The first-order chi connectivity index (χ1) is 11.6. The Hall–Kier alpha value is -2.66. The van der Waals surface area contributed by atoms with E-state index in [1.165, 1.54) is 18.2 Å². The van der Waals surface area contributed by atoms with Crippen molar-refractivity contribution in [1.82, 2.24) is 5.32 Å². The summed E-state index contributed by atoms with van der Waals surface area (Å²) in [5, 5.41) is 23.7. The Kier molecular flexibility index (Phi) is 3.39. The zero-order chi connectivity index (χ0) is 16.8. The minimum atomic E-state index is -0.513. The van der Waals surface area contributed by atoms with E-state index in [0.717, 1.165) is 24.9 Å². The van der Waals surface area contributed by atoms with E-state index in [9.17, 15) is 19.8 Å². The van der Waals surface area contributed by atoms with E-state index in [0.29, 0.717) is 12.5 Å². The number of nitrogens with one attached hydrogen (secondary N) is 1. The third-order valence-corrected chi connectivity index (χ3v) is 4.81. The van der Waals surface area contributed by atoms with Gasteiger partial charge in [0.1, 0.15) is 11.5 Å². The number of ketones is 2. The second-order valence-electron chi connectivity index (χ2n) is 6.39. The van der Waals surface area contributed by atoms with Crippen LogP contribution in [0.15, 0.2) is 30.3 Å². The van der Waals surface area contributed by atoms with E-state index in [1.807, 2.05) is 0 Å². The van der Waals surface area contributed by atoms with Crippen LogP contribution in [0.25, 0.3) is 0 Å². The van der Waals surface area contributed by atoms with Crippen LogP contribution in [-0.4, -0.2) is 34.4 Å². The molecule has 3 N–H and O–H groups in total. The van der Waals surface area contributed by atoms with Crippen molar-refractivity contribution in [2.75, 3.05) is 6.54 Å². The highest BCUT2D eigenvalue weighted by Crippen LogP contribution is 2.37. The third-order valence-electron chi connectivity index (χ3n) is 4.81. The predicted molar refractivity (Wildman–Crippen MR) is 87.8 cm³/mol. The molecule has 0 saturated carbocycles. The van der Waals surface area contributed by atoms with Gasteiger partial charge in [0, 0.05) is 17.2 Å². The maximum absolute atomic E-state index is 12.8. The van der Waals surface area contributed by atoms with Crippen LogP contribution in [0.2, 0.25) is 0 Å². The summed E-state index contributed by atoms with van der Waals surface area (Å²) in [6.07, 6.45) is 2.88. The van der Waals surface area contributed by atoms with E-state index < -0.39 is 5.78 Å². The summed E-state index contributed by atoms with van der Waals surface area (Å²) in [5.41, 5.74) is 1.18. The molecule has 0 bridgehead atoms. The van der Waals surface area contributed by atoms with Crippen LogP contribution in [0.5, 0.6) is 11.5 Å². The van der Waals surface area contributed by atoms with Crippen molar-refractivity contribution in [2.24, 2.45) is 0 Å². The van der Waals surface area contributed by atoms with Crippen LogP contribution in [-0.2, 0) is 6.42 Å². The number of carbonyl (C=O) groups excluding carboxylic acids is 2. The van der Waals surface area contributed by atoms with Gasteiger partial charge in [-0.25, -0.2) is 0 Å². The smallest absolute Gasteiger partial charge is 0.201 e. The van der Waals surface area contributed by atoms with Crippen molar-refractivity contribution in [1.29, 1.82) is 0 Å². The van der Waals surface area contributed by atoms with Gasteiger partial charge in [0.05, 0.1) is 11.1 Å². The van der Waals surface area contributed by atoms with Gasteiger partial charge >= 0.3 is 0 Å². The van der Waals surface area contributed by atoms with Crippen molar-refractivity contribution in [3.63, 3.8) is 0 Å². The standard InChI is InChI=1S/C19H17NO4/c21-14-5-1-4-12-16(14)19(24)17-13(18(12)23)8-10(9-15(17)22)7-11-3-2-6-20-11/h1,4-5,8-9,11,20-22H,2-3,6-7H2. The van der Waals surface area contributed by atoms with Crippen molar-refractivity contribution in [2.45, 2.75) is 25.3 Å². The van der Waals surface area contributed by atoms with E-state index >= 15 is 0 Å². The van der Waals surface area contributed by atoms with Crippen LogP contribution in [0.1, 0.15) is 50.2 Å². The van der Waals surface area contributed by atoms with E-state index in [4.69, 9.17) is 0 Å². The topological polar surface area (TPSA) is 86.6 Å². The fourth-order valence-corrected chi connectivity index (χ4v) is 3.67. The van der Waals surface area contributed by atoms with Gasteiger partial charge in [-0.2, -0.15) is 0 Å². The maximum Gasteiger partial charge on any atom is 0.201 e. The Bertz CT molecular complexity index is 866. The maximum atomic E-state index is 12.8. The fourth-order valence-electron chi connectivity index (χ4n) is 3.67. The van der Waals surface area contributed by atoms with Crippen LogP contribution in [0.4, 0.5) is 0 Å². The molecule has 4 rings (SSSR count). The molecule has 1 aliphatic carbocycles. The number of hydrogen-bond donors (Lipinski definition) is 3. The average Bonchev–Trinajstić information content (AvgIpc) is 3.05. The molecular weight excluding hydrogens is 306 g/mol. The lowest BCUT2D eigenvalue weighted by molar-refractivity contribution is 0.0974. The van der Waals surface area contributed by atoms with Gasteiger partial charge in [-0.3, -0.25) is 9.59 Å². The first kappa shape index (κ1) is 14.9. The molecule has 1 atom stereocenters. The number of fused-ring (bicyclic) bond motifs is 2. The third kappa shape index (κ3) is 2.20. The summed E-state index contributed by atoms with van der Waals surface area (Å²) in [7, 11) is 0. The van der Waals surface area contributed by atoms with Crippen LogP contribution in [0.3, 0.4) is 0 Å². The molecule has 5 nitrogen and oxygen atoms in total. The molecule has 1 fully saturated rings. The lowest BCUT2D eigenvalue weighted by atomic mass is 9.82. The molecule has 1 unspecified atom stereocenters. The Labute approximate surface area is 138 Å². The zero-order valence-corrected chi connectivity index (χ0v) is 13.0. The summed E-state index contributed by atoms with van der Waals surface area (Å²) in [5.74, 6) is -1.30. The quantitative estimate of drug-likeness (QED) is 0.673. The molecule has 1 heterocycles. The van der Waals surface area contributed by atoms with Crippen molar-refractivity contribution < 1.29 is 19.8 Å². The molecule has 2 aliphatic rings. The first-order valence-electron chi connectivity index (χ1n) is 8.07. The number of hydrogen-bond acceptors (Lipinski definition) is 5. The van der Waals surface area contributed by atoms with Crippen LogP contribution >= 0.6 is 0 Å². The fraction of sp³-hybridized carbons (Fsp3) is 0.263. The van der Waals surface area contributed by atoms with Gasteiger partial charge in [-0.05, 0) is 49.6 Å². The zero-order valence-electron chi connectivity index (χ0n) is 13.0. The normalized spacial score (nSPS) is 19.2. The molecule has 1 saturated heterocycles. The largest absolute Gasteiger partial charge is 0.507 e. The molecule has 122 valence electrons. The Balaban J connectivity index is 1.81. The summed E-state index contributed by atoms with van der Waals surface area (Å²) in [6, 6.07) is 8.01. The molecule has 2 aromatic rings. The molecule has 0 amide bonds. The summed E-state index contributed by atoms with van der Waals surface area (Å²) < 4.78 is 0. The van der Waals surface area contributed by atoms with E-state index in [2.05, 4.69) is 5.32 Å². The summed E-state index contributed by atoms with van der Waals surface area (Å²) >= 11 is 0. The number of aromatic hydroxyl groups is 2. The molecule has 0 spiro atoms. The second-order valence-corrected chi connectivity index (χ2v) is 6.39. The monoisotopic (exact) mass is 323 g/mol. The number of phenolic OH excluding ortho intramolecular Hbond substituents is 2. The highest BCUT2D eigenvalue weighted by molar-refractivity contribution is 6.30. The number of carbonyl (C=O) groups is 2. The predicted octanol–water partition coefficient (Wildman–Crippen LogP) is 2.17. The molecule has 1 aliphatic heterocycles. The van der Waals surface area contributed by atoms with E-state index in [1.54, 1.807) is 12.1 Å². The van der Waals surface area contributed by atoms with Crippen molar-refractivity contribution >= 4 is 11.6 Å². The first-order valence-corrected chi connectivity index (χ1v) is 8.07. The van der Waals surface area contributed by atoms with Crippen LogP contribution < -0.4 is 5.32 Å². The molecule has 24 heavy (non-hydrogen) atoms. The molecular formula is C19H17NO4. The van der Waals surface area contributed by atoms with Crippen LogP contribution in [0, 0.1) is 0 Å². The van der Waals surface area contributed by atoms with Gasteiger partial charge < -0.3 is 15.5 Å². The molecule has 0 aromatic heterocycles. The van der Waals surface area contributed by atoms with Crippen molar-refractivity contribution in [3.8, 4) is 11.5 Å².